The number of nitrogen functional groups attached to an aromatic ring is 1. The Balaban J connectivity index is 1.37. The number of morpholine rings is 1. The zero-order valence-corrected chi connectivity index (χ0v) is 20.7. The van der Waals surface area contributed by atoms with Crippen LogP contribution in [0, 0.1) is 5.82 Å². The Labute approximate surface area is 214 Å². The smallest absolute Gasteiger partial charge is 0.242 e. The van der Waals surface area contributed by atoms with Crippen molar-refractivity contribution in [2.75, 3.05) is 50.0 Å². The number of nitrogens with one attached hydrogen (secondary N) is 1. The minimum absolute atomic E-state index is 0.109. The van der Waals surface area contributed by atoms with Crippen LogP contribution in [0.3, 0.4) is 0 Å². The van der Waals surface area contributed by atoms with Gasteiger partial charge >= 0.3 is 0 Å². The molecular weight excluding hydrogens is 477 g/mol. The lowest BCUT2D eigenvalue weighted by Gasteiger charge is -2.30. The molecule has 6 rings (SSSR count). The molecule has 3 aromatic rings. The molecule has 196 valence electrons. The molecule has 3 fully saturated rings. The minimum Gasteiger partial charge on any atom is -0.382 e. The van der Waals surface area contributed by atoms with Crippen molar-refractivity contribution in [3.8, 4) is 0 Å². The van der Waals surface area contributed by atoms with Crippen molar-refractivity contribution in [2.24, 2.45) is 5.73 Å². The molecule has 1 aromatic carbocycles. The summed E-state index contributed by atoms with van der Waals surface area (Å²) >= 11 is 0. The molecule has 1 aliphatic carbocycles. The number of rotatable bonds is 7. The number of fused-ring (bicyclic) bond motifs is 1. The molecule has 2 saturated heterocycles. The van der Waals surface area contributed by atoms with Crippen molar-refractivity contribution < 1.29 is 13.9 Å². The van der Waals surface area contributed by atoms with E-state index in [2.05, 4.69) is 30.1 Å². The third kappa shape index (κ3) is 4.72. The number of nitrogens with two attached hydrogens (primary N) is 2. The molecule has 0 bridgehead atoms. The van der Waals surface area contributed by atoms with Gasteiger partial charge in [0.2, 0.25) is 5.91 Å². The lowest BCUT2D eigenvalue weighted by atomic mass is 9.98. The number of nitrogens with zero attached hydrogens (tertiary/aromatic N) is 6. The summed E-state index contributed by atoms with van der Waals surface area (Å²) in [6.45, 7) is 4.46. The largest absolute Gasteiger partial charge is 0.382 e. The Hall–Kier alpha value is -3.35. The van der Waals surface area contributed by atoms with Gasteiger partial charge in [-0.25, -0.2) is 19.3 Å². The lowest BCUT2D eigenvalue weighted by molar-refractivity contribution is -0.125. The highest BCUT2D eigenvalue weighted by atomic mass is 19.1. The standard InChI is InChI=1S/C25H32FN9O2/c26-19-3-4-20(34-6-5-25(28,13-34)24(36)32-16-1-2-16)18(17(19)11-33-7-9-37-10-8-33)12-35-15-31-21-22(27)29-14-30-23(21)35/h3-4,14-16H,1-2,5-13,28H2,(H,32,36)(H2,27,29,30)/t25-/m1/s1. The van der Waals surface area contributed by atoms with Crippen LogP contribution in [0.4, 0.5) is 15.9 Å². The summed E-state index contributed by atoms with van der Waals surface area (Å²) in [5.41, 5.74) is 15.0. The van der Waals surface area contributed by atoms with Gasteiger partial charge in [-0.15, -0.1) is 0 Å². The summed E-state index contributed by atoms with van der Waals surface area (Å²) in [6.07, 6.45) is 5.60. The number of aromatic nitrogens is 4. The van der Waals surface area contributed by atoms with Gasteiger partial charge in [0.05, 0.1) is 26.1 Å². The second-order valence-electron chi connectivity index (χ2n) is 10.3. The topological polar surface area (TPSA) is 140 Å². The molecular formula is C25H32FN9O2. The summed E-state index contributed by atoms with van der Waals surface area (Å²) < 4.78 is 22.8. The predicted octanol–water partition coefficient (Wildman–Crippen LogP) is 0.614. The Bertz CT molecular complexity index is 1320. The van der Waals surface area contributed by atoms with Gasteiger partial charge in [0.1, 0.15) is 23.2 Å². The fourth-order valence-electron chi connectivity index (χ4n) is 5.24. The van der Waals surface area contributed by atoms with Crippen LogP contribution in [0.5, 0.6) is 0 Å². The molecule has 4 heterocycles. The molecule has 12 heteroatoms. The molecule has 37 heavy (non-hydrogen) atoms. The van der Waals surface area contributed by atoms with Crippen molar-refractivity contribution in [3.05, 3.63) is 41.7 Å². The Morgan fingerprint density at radius 3 is 2.73 bits per heavy atom. The van der Waals surface area contributed by atoms with Crippen molar-refractivity contribution in [3.63, 3.8) is 0 Å². The maximum absolute atomic E-state index is 15.5. The third-order valence-electron chi connectivity index (χ3n) is 7.60. The van der Waals surface area contributed by atoms with Crippen LogP contribution in [0.15, 0.2) is 24.8 Å². The minimum atomic E-state index is -0.984. The Morgan fingerprint density at radius 2 is 1.95 bits per heavy atom. The first-order chi connectivity index (χ1) is 17.9. The lowest BCUT2D eigenvalue weighted by Crippen LogP contribution is -2.56. The molecule has 0 radical (unpaired) electrons. The Kier molecular flexibility index (Phi) is 6.17. The first-order valence-electron chi connectivity index (χ1n) is 12.8. The maximum atomic E-state index is 15.5. The molecule has 2 aromatic heterocycles. The van der Waals surface area contributed by atoms with Crippen LogP contribution in [-0.2, 0) is 22.6 Å². The number of benzene rings is 1. The average Bonchev–Trinajstić information content (AvgIpc) is 3.47. The van der Waals surface area contributed by atoms with Crippen molar-refractivity contribution in [1.82, 2.24) is 29.7 Å². The van der Waals surface area contributed by atoms with E-state index >= 15 is 4.39 Å². The number of halogens is 1. The summed E-state index contributed by atoms with van der Waals surface area (Å²) in [6, 6.07) is 3.55. The summed E-state index contributed by atoms with van der Waals surface area (Å²) in [7, 11) is 0. The number of hydrogen-bond donors (Lipinski definition) is 3. The number of carbonyl (C=O) groups is 1. The van der Waals surface area contributed by atoms with Crippen LogP contribution in [0.2, 0.25) is 0 Å². The van der Waals surface area contributed by atoms with Crippen molar-refractivity contribution in [1.29, 1.82) is 0 Å². The molecule has 3 aliphatic rings. The zero-order chi connectivity index (χ0) is 25.6. The van der Waals surface area contributed by atoms with E-state index in [0.29, 0.717) is 68.4 Å². The highest BCUT2D eigenvalue weighted by molar-refractivity contribution is 5.88. The molecule has 0 unspecified atom stereocenters. The van der Waals surface area contributed by atoms with Gasteiger partial charge in [-0.2, -0.15) is 0 Å². The number of ether oxygens (including phenoxy) is 1. The van der Waals surface area contributed by atoms with Gasteiger partial charge in [-0.3, -0.25) is 9.69 Å². The fraction of sp³-hybridized carbons (Fsp3) is 0.520. The second-order valence-corrected chi connectivity index (χ2v) is 10.3. The van der Waals surface area contributed by atoms with Gasteiger partial charge in [-0.05, 0) is 31.4 Å². The number of hydrogen-bond acceptors (Lipinski definition) is 9. The van der Waals surface area contributed by atoms with Gasteiger partial charge in [0.25, 0.3) is 0 Å². The van der Waals surface area contributed by atoms with Crippen LogP contribution in [-0.4, -0.2) is 81.3 Å². The number of amides is 1. The van der Waals surface area contributed by atoms with Gasteiger partial charge in [-0.1, -0.05) is 0 Å². The SMILES string of the molecule is Nc1ncnc2c1ncn2Cc1c(N2CC[C@](N)(C(=O)NC3CC3)C2)ccc(F)c1CN1CCOCC1. The summed E-state index contributed by atoms with van der Waals surface area (Å²) in [5.74, 6) is -0.0816. The van der Waals surface area contributed by atoms with Crippen molar-refractivity contribution >= 4 is 28.6 Å². The normalized spacial score (nSPS) is 22.6. The monoisotopic (exact) mass is 509 g/mol. The van der Waals surface area contributed by atoms with E-state index in [1.165, 1.54) is 12.4 Å². The van der Waals surface area contributed by atoms with E-state index in [-0.39, 0.29) is 17.8 Å². The highest BCUT2D eigenvalue weighted by Crippen LogP contribution is 2.34. The number of anilines is 2. The summed E-state index contributed by atoms with van der Waals surface area (Å²) in [5, 5.41) is 3.05. The van der Waals surface area contributed by atoms with Gasteiger partial charge in [0, 0.05) is 55.6 Å². The number of imidazole rings is 1. The van der Waals surface area contributed by atoms with Gasteiger partial charge in [0.15, 0.2) is 11.5 Å². The number of carbonyl (C=O) groups excluding carboxylic acids is 1. The molecule has 1 amide bonds. The Morgan fingerprint density at radius 1 is 1.14 bits per heavy atom. The van der Waals surface area contributed by atoms with Crippen LogP contribution >= 0.6 is 0 Å². The molecule has 0 spiro atoms. The molecule has 11 nitrogen and oxygen atoms in total. The molecule has 1 saturated carbocycles. The van der Waals surface area contributed by atoms with E-state index in [1.54, 1.807) is 12.4 Å². The second kappa shape index (κ2) is 9.51. The molecule has 5 N–H and O–H groups in total. The van der Waals surface area contributed by atoms with E-state index in [0.717, 1.165) is 37.2 Å². The molecule has 2 aliphatic heterocycles. The van der Waals surface area contributed by atoms with E-state index in [1.807, 2.05) is 4.57 Å². The van der Waals surface area contributed by atoms with E-state index in [9.17, 15) is 4.79 Å². The van der Waals surface area contributed by atoms with Crippen LogP contribution in [0.25, 0.3) is 11.2 Å². The summed E-state index contributed by atoms with van der Waals surface area (Å²) in [4.78, 5) is 30.0. The third-order valence-corrected chi connectivity index (χ3v) is 7.60. The van der Waals surface area contributed by atoms with Crippen LogP contribution < -0.4 is 21.7 Å². The first kappa shape index (κ1) is 24.0. The van der Waals surface area contributed by atoms with Crippen LogP contribution in [0.1, 0.15) is 30.4 Å². The highest BCUT2D eigenvalue weighted by Gasteiger charge is 2.43. The maximum Gasteiger partial charge on any atom is 0.242 e. The zero-order valence-electron chi connectivity index (χ0n) is 20.7. The van der Waals surface area contributed by atoms with E-state index in [4.69, 9.17) is 16.2 Å². The fourth-order valence-corrected chi connectivity index (χ4v) is 5.24. The van der Waals surface area contributed by atoms with E-state index < -0.39 is 5.54 Å². The quantitative estimate of drug-likeness (QED) is 0.418. The van der Waals surface area contributed by atoms with Crippen molar-refractivity contribution in [2.45, 2.75) is 43.9 Å². The predicted molar refractivity (Wildman–Crippen MR) is 136 cm³/mol. The van der Waals surface area contributed by atoms with Gasteiger partial charge < -0.3 is 31.0 Å². The molecule has 1 atom stereocenters. The first-order valence-corrected chi connectivity index (χ1v) is 12.8. The average molecular weight is 510 g/mol.